The molecule has 3 unspecified atom stereocenters. The molecule has 3 atom stereocenters. The maximum atomic E-state index is 12.4. The largest absolute Gasteiger partial charge is 0.481 e. The first kappa shape index (κ1) is 11.3. The standard InChI is InChI=1S/C8H11F3O3/c9-8(10,11)6-3-4(12)1-2-5(6)7(13)14/h4-6,12H,1-3H2,(H,13,14). The third-order valence-corrected chi connectivity index (χ3v) is 2.56. The highest BCUT2D eigenvalue weighted by atomic mass is 19.4. The lowest BCUT2D eigenvalue weighted by atomic mass is 9.77. The van der Waals surface area contributed by atoms with E-state index in [0.29, 0.717) is 0 Å². The van der Waals surface area contributed by atoms with Crippen molar-refractivity contribution >= 4 is 5.97 Å². The molecule has 1 aliphatic rings. The van der Waals surface area contributed by atoms with E-state index in [9.17, 15) is 18.0 Å². The van der Waals surface area contributed by atoms with Crippen molar-refractivity contribution in [2.45, 2.75) is 31.5 Å². The molecule has 6 heteroatoms. The molecule has 0 aromatic carbocycles. The van der Waals surface area contributed by atoms with Crippen LogP contribution in [0.2, 0.25) is 0 Å². The van der Waals surface area contributed by atoms with Gasteiger partial charge in [0.15, 0.2) is 0 Å². The average Bonchev–Trinajstić information content (AvgIpc) is 2.01. The normalized spacial score (nSPS) is 34.1. The summed E-state index contributed by atoms with van der Waals surface area (Å²) in [7, 11) is 0. The Morgan fingerprint density at radius 2 is 1.86 bits per heavy atom. The van der Waals surface area contributed by atoms with Gasteiger partial charge in [-0.1, -0.05) is 0 Å². The fraction of sp³-hybridized carbons (Fsp3) is 0.875. The summed E-state index contributed by atoms with van der Waals surface area (Å²) in [5.74, 6) is -4.75. The summed E-state index contributed by atoms with van der Waals surface area (Å²) in [6, 6.07) is 0. The minimum atomic E-state index is -4.54. The number of carboxylic acids is 1. The number of carbonyl (C=O) groups is 1. The summed E-state index contributed by atoms with van der Waals surface area (Å²) < 4.78 is 37.1. The molecule has 1 rings (SSSR count). The number of aliphatic hydroxyl groups is 1. The van der Waals surface area contributed by atoms with E-state index in [4.69, 9.17) is 10.2 Å². The first-order valence-electron chi connectivity index (χ1n) is 4.30. The number of rotatable bonds is 1. The van der Waals surface area contributed by atoms with Crippen molar-refractivity contribution in [3.8, 4) is 0 Å². The Labute approximate surface area is 78.5 Å². The average molecular weight is 212 g/mol. The number of halogens is 3. The Morgan fingerprint density at radius 3 is 2.29 bits per heavy atom. The molecule has 2 N–H and O–H groups in total. The molecule has 14 heavy (non-hydrogen) atoms. The molecule has 0 bridgehead atoms. The third kappa shape index (κ3) is 2.37. The lowest BCUT2D eigenvalue weighted by molar-refractivity contribution is -0.210. The lowest BCUT2D eigenvalue weighted by Crippen LogP contribution is -2.41. The molecule has 0 saturated heterocycles. The molecule has 0 amide bonds. The number of aliphatic carboxylic acids is 1. The SMILES string of the molecule is O=C(O)C1CCC(O)CC1C(F)(F)F. The van der Waals surface area contributed by atoms with Crippen LogP contribution in [0.4, 0.5) is 13.2 Å². The first-order chi connectivity index (χ1) is 6.32. The maximum Gasteiger partial charge on any atom is 0.392 e. The van der Waals surface area contributed by atoms with Crippen LogP contribution in [0.1, 0.15) is 19.3 Å². The Morgan fingerprint density at radius 1 is 1.29 bits per heavy atom. The molecule has 0 aromatic heterocycles. The Kier molecular flexibility index (Phi) is 3.04. The first-order valence-corrected chi connectivity index (χ1v) is 4.30. The van der Waals surface area contributed by atoms with Gasteiger partial charge in [0.05, 0.1) is 17.9 Å². The zero-order valence-corrected chi connectivity index (χ0v) is 7.29. The molecule has 1 aliphatic carbocycles. The summed E-state index contributed by atoms with van der Waals surface area (Å²) >= 11 is 0. The molecule has 1 fully saturated rings. The number of aliphatic hydroxyl groups excluding tert-OH is 1. The highest BCUT2D eigenvalue weighted by Crippen LogP contribution is 2.41. The molecule has 0 aromatic rings. The minimum Gasteiger partial charge on any atom is -0.481 e. The van der Waals surface area contributed by atoms with Gasteiger partial charge in [-0.25, -0.2) is 0 Å². The smallest absolute Gasteiger partial charge is 0.392 e. The molecule has 0 aliphatic heterocycles. The monoisotopic (exact) mass is 212 g/mol. The maximum absolute atomic E-state index is 12.4. The van der Waals surface area contributed by atoms with E-state index in [1.54, 1.807) is 0 Å². The van der Waals surface area contributed by atoms with Crippen molar-refractivity contribution in [1.29, 1.82) is 0 Å². The third-order valence-electron chi connectivity index (χ3n) is 2.56. The summed E-state index contributed by atoms with van der Waals surface area (Å²) in [4.78, 5) is 10.5. The highest BCUT2D eigenvalue weighted by molar-refractivity contribution is 5.70. The Bertz CT molecular complexity index is 226. The van der Waals surface area contributed by atoms with Gasteiger partial charge in [0.2, 0.25) is 0 Å². The van der Waals surface area contributed by atoms with E-state index < -0.39 is 36.5 Å². The van der Waals surface area contributed by atoms with Crippen LogP contribution in [0.15, 0.2) is 0 Å². The minimum absolute atomic E-state index is 0.110. The van der Waals surface area contributed by atoms with Crippen LogP contribution >= 0.6 is 0 Å². The van der Waals surface area contributed by atoms with Gasteiger partial charge < -0.3 is 10.2 Å². The van der Waals surface area contributed by atoms with Crippen molar-refractivity contribution < 1.29 is 28.2 Å². The van der Waals surface area contributed by atoms with Gasteiger partial charge in [-0.15, -0.1) is 0 Å². The quantitative estimate of drug-likeness (QED) is 0.690. The number of hydrogen-bond acceptors (Lipinski definition) is 2. The van der Waals surface area contributed by atoms with Crippen LogP contribution in [-0.4, -0.2) is 28.5 Å². The molecule has 0 heterocycles. The predicted octanol–water partition coefficient (Wildman–Crippen LogP) is 1.41. The summed E-state index contributed by atoms with van der Waals surface area (Å²) in [5.41, 5.74) is 0. The molecular formula is C8H11F3O3. The fourth-order valence-electron chi connectivity index (χ4n) is 1.81. The second-order valence-corrected chi connectivity index (χ2v) is 3.56. The second-order valence-electron chi connectivity index (χ2n) is 3.56. The fourth-order valence-corrected chi connectivity index (χ4v) is 1.81. The van der Waals surface area contributed by atoms with Gasteiger partial charge in [-0.3, -0.25) is 4.79 Å². The zero-order chi connectivity index (χ0) is 10.9. The van der Waals surface area contributed by atoms with Gasteiger partial charge in [-0.05, 0) is 19.3 Å². The van der Waals surface area contributed by atoms with Crippen molar-refractivity contribution in [2.24, 2.45) is 11.8 Å². The van der Waals surface area contributed by atoms with Gasteiger partial charge in [-0.2, -0.15) is 13.2 Å². The van der Waals surface area contributed by atoms with Crippen molar-refractivity contribution in [3.05, 3.63) is 0 Å². The molecule has 1 saturated carbocycles. The summed E-state index contributed by atoms with van der Waals surface area (Å²) in [6.07, 6.45) is -6.05. The zero-order valence-electron chi connectivity index (χ0n) is 7.29. The number of hydrogen-bond donors (Lipinski definition) is 2. The van der Waals surface area contributed by atoms with E-state index in [2.05, 4.69) is 0 Å². The Balaban J connectivity index is 2.79. The van der Waals surface area contributed by atoms with E-state index in [1.165, 1.54) is 0 Å². The van der Waals surface area contributed by atoms with Gasteiger partial charge in [0, 0.05) is 0 Å². The van der Waals surface area contributed by atoms with Crippen LogP contribution in [0, 0.1) is 11.8 Å². The van der Waals surface area contributed by atoms with Crippen molar-refractivity contribution in [2.75, 3.05) is 0 Å². The second kappa shape index (κ2) is 3.76. The van der Waals surface area contributed by atoms with E-state index in [0.717, 1.165) is 0 Å². The molecule has 3 nitrogen and oxygen atoms in total. The van der Waals surface area contributed by atoms with Crippen LogP contribution < -0.4 is 0 Å². The Hall–Kier alpha value is -0.780. The van der Waals surface area contributed by atoms with E-state index in [-0.39, 0.29) is 12.8 Å². The van der Waals surface area contributed by atoms with Gasteiger partial charge in [0.25, 0.3) is 0 Å². The van der Waals surface area contributed by atoms with E-state index >= 15 is 0 Å². The van der Waals surface area contributed by atoms with Crippen LogP contribution in [0.25, 0.3) is 0 Å². The van der Waals surface area contributed by atoms with Gasteiger partial charge in [0.1, 0.15) is 0 Å². The number of carboxylic acid groups (broad SMARTS) is 1. The van der Waals surface area contributed by atoms with Crippen LogP contribution in [0.5, 0.6) is 0 Å². The highest BCUT2D eigenvalue weighted by Gasteiger charge is 2.50. The van der Waals surface area contributed by atoms with Crippen molar-refractivity contribution in [3.63, 3.8) is 0 Å². The van der Waals surface area contributed by atoms with E-state index in [1.807, 2.05) is 0 Å². The predicted molar refractivity (Wildman–Crippen MR) is 40.5 cm³/mol. The molecule has 82 valence electrons. The summed E-state index contributed by atoms with van der Waals surface area (Å²) in [6.45, 7) is 0. The topological polar surface area (TPSA) is 57.5 Å². The molecule has 0 spiro atoms. The summed E-state index contributed by atoms with van der Waals surface area (Å²) in [5, 5.41) is 17.6. The molecular weight excluding hydrogens is 201 g/mol. The lowest BCUT2D eigenvalue weighted by Gasteiger charge is -2.32. The van der Waals surface area contributed by atoms with Gasteiger partial charge >= 0.3 is 12.1 Å². The van der Waals surface area contributed by atoms with Crippen LogP contribution in [-0.2, 0) is 4.79 Å². The number of alkyl halides is 3. The molecule has 0 radical (unpaired) electrons. The van der Waals surface area contributed by atoms with Crippen molar-refractivity contribution in [1.82, 2.24) is 0 Å². The van der Waals surface area contributed by atoms with Crippen LogP contribution in [0.3, 0.4) is 0 Å².